The van der Waals surface area contributed by atoms with Gasteiger partial charge in [0.2, 0.25) is 0 Å². The Morgan fingerprint density at radius 3 is 2.68 bits per heavy atom. The van der Waals surface area contributed by atoms with Gasteiger partial charge in [-0.15, -0.1) is 0 Å². The zero-order chi connectivity index (χ0) is 18.6. The molecule has 0 bridgehead atoms. The monoisotopic (exact) mass is 343 g/mol. The van der Waals surface area contributed by atoms with E-state index in [9.17, 15) is 14.9 Å². The first-order valence-corrected chi connectivity index (χ1v) is 8.03. The molecule has 0 aliphatic heterocycles. The Labute approximate surface area is 145 Å². The van der Waals surface area contributed by atoms with Crippen LogP contribution in [0.5, 0.6) is 0 Å². The summed E-state index contributed by atoms with van der Waals surface area (Å²) in [5.74, 6) is -0.144. The maximum atomic E-state index is 12.8. The maximum absolute atomic E-state index is 12.8. The van der Waals surface area contributed by atoms with Crippen molar-refractivity contribution < 1.29 is 4.92 Å². The predicted octanol–water partition coefficient (Wildman–Crippen LogP) is 2.29. The van der Waals surface area contributed by atoms with Crippen LogP contribution in [0.25, 0.3) is 5.69 Å². The number of nitrogens with zero attached hydrogens (tertiary/aromatic N) is 5. The number of aromatic nitrogens is 2. The van der Waals surface area contributed by atoms with Crippen molar-refractivity contribution in [2.75, 3.05) is 13.1 Å². The van der Waals surface area contributed by atoms with E-state index >= 15 is 0 Å². The van der Waals surface area contributed by atoms with Crippen molar-refractivity contribution in [1.29, 1.82) is 5.26 Å². The van der Waals surface area contributed by atoms with E-state index in [1.807, 2.05) is 18.7 Å². The zero-order valence-electron chi connectivity index (χ0n) is 14.5. The van der Waals surface area contributed by atoms with Crippen molar-refractivity contribution in [1.82, 2.24) is 14.0 Å². The number of benzene rings is 1. The van der Waals surface area contributed by atoms with E-state index in [1.54, 1.807) is 31.3 Å². The fourth-order valence-electron chi connectivity index (χ4n) is 2.75. The molecule has 25 heavy (non-hydrogen) atoms. The largest absolute Gasteiger partial charge is 0.334 e. The van der Waals surface area contributed by atoms with Gasteiger partial charge in [0.05, 0.1) is 23.6 Å². The first-order valence-electron chi connectivity index (χ1n) is 8.03. The van der Waals surface area contributed by atoms with Crippen LogP contribution < -0.4 is 5.69 Å². The normalized spacial score (nSPS) is 12.1. The number of hydrogen-bond acceptors (Lipinski definition) is 5. The second kappa shape index (κ2) is 7.77. The van der Waals surface area contributed by atoms with E-state index in [2.05, 4.69) is 6.07 Å². The van der Waals surface area contributed by atoms with Crippen LogP contribution in [0.2, 0.25) is 0 Å². The highest BCUT2D eigenvalue weighted by Crippen LogP contribution is 2.22. The van der Waals surface area contributed by atoms with Crippen LogP contribution in [0.3, 0.4) is 0 Å². The summed E-state index contributed by atoms with van der Waals surface area (Å²) in [7, 11) is 0. The minimum atomic E-state index is -0.495. The van der Waals surface area contributed by atoms with Crippen LogP contribution in [0.1, 0.15) is 19.5 Å². The van der Waals surface area contributed by atoms with Crippen LogP contribution in [-0.4, -0.2) is 32.0 Å². The third-order valence-corrected chi connectivity index (χ3v) is 4.00. The summed E-state index contributed by atoms with van der Waals surface area (Å²) in [4.78, 5) is 25.5. The highest BCUT2D eigenvalue weighted by molar-refractivity contribution is 5.52. The second-order valence-electron chi connectivity index (χ2n) is 5.95. The number of hydrogen-bond donors (Lipinski definition) is 0. The Kier molecular flexibility index (Phi) is 5.72. The molecule has 0 N–H and O–H groups in total. The molecule has 0 saturated carbocycles. The molecule has 0 aliphatic rings. The Bertz CT molecular complexity index is 862. The summed E-state index contributed by atoms with van der Waals surface area (Å²) < 4.78 is 2.86. The van der Waals surface area contributed by atoms with Crippen LogP contribution >= 0.6 is 0 Å². The fraction of sp³-hybridized carbons (Fsp3) is 0.412. The average molecular weight is 343 g/mol. The summed E-state index contributed by atoms with van der Waals surface area (Å²) in [6, 6.07) is 8.36. The van der Waals surface area contributed by atoms with E-state index < -0.39 is 4.92 Å². The molecule has 8 nitrogen and oxygen atoms in total. The average Bonchev–Trinajstić information content (AvgIpc) is 2.87. The molecule has 0 unspecified atom stereocenters. The van der Waals surface area contributed by atoms with Crippen molar-refractivity contribution in [3.63, 3.8) is 0 Å². The molecule has 0 saturated heterocycles. The molecule has 0 fully saturated rings. The molecule has 1 aromatic carbocycles. The molecule has 0 spiro atoms. The third kappa shape index (κ3) is 3.95. The number of para-hydroxylation sites is 2. The van der Waals surface area contributed by atoms with Crippen molar-refractivity contribution >= 4 is 5.69 Å². The van der Waals surface area contributed by atoms with Gasteiger partial charge in [0, 0.05) is 24.5 Å². The van der Waals surface area contributed by atoms with E-state index in [0.717, 1.165) is 0 Å². The zero-order valence-corrected chi connectivity index (χ0v) is 14.5. The Hall–Kier alpha value is -2.92. The molecule has 132 valence electrons. The highest BCUT2D eigenvalue weighted by Gasteiger charge is 2.20. The van der Waals surface area contributed by atoms with Gasteiger partial charge in [-0.05, 0) is 26.5 Å². The molecule has 2 rings (SSSR count). The Morgan fingerprint density at radius 2 is 2.08 bits per heavy atom. The minimum Gasteiger partial charge on any atom is -0.285 e. The quantitative estimate of drug-likeness (QED) is 0.567. The van der Waals surface area contributed by atoms with Gasteiger partial charge in [-0.25, -0.2) is 4.79 Å². The first-order chi connectivity index (χ1) is 11.9. The topological polar surface area (TPSA) is 97.1 Å². The van der Waals surface area contributed by atoms with Gasteiger partial charge < -0.3 is 0 Å². The molecular formula is C17H21N5O3. The molecule has 1 atom stereocenters. The minimum absolute atomic E-state index is 0.115. The van der Waals surface area contributed by atoms with Gasteiger partial charge >= 0.3 is 5.69 Å². The van der Waals surface area contributed by atoms with Gasteiger partial charge in [-0.2, -0.15) is 5.26 Å². The van der Waals surface area contributed by atoms with Gasteiger partial charge in [0.15, 0.2) is 0 Å². The molecule has 0 amide bonds. The van der Waals surface area contributed by atoms with E-state index in [0.29, 0.717) is 25.5 Å². The Balaban J connectivity index is 2.41. The lowest BCUT2D eigenvalue weighted by Crippen LogP contribution is -2.35. The molecule has 2 aromatic rings. The molecule has 1 heterocycles. The number of nitro groups is 1. The number of rotatable bonds is 7. The molecular weight excluding hydrogens is 322 g/mol. The summed E-state index contributed by atoms with van der Waals surface area (Å²) in [5, 5.41) is 20.2. The van der Waals surface area contributed by atoms with Gasteiger partial charge in [0.25, 0.3) is 5.69 Å². The van der Waals surface area contributed by atoms with Crippen LogP contribution in [0.15, 0.2) is 35.3 Å². The number of imidazole rings is 1. The lowest BCUT2D eigenvalue weighted by atomic mass is 10.2. The van der Waals surface area contributed by atoms with Crippen molar-refractivity contribution in [2.24, 2.45) is 5.92 Å². The third-order valence-electron chi connectivity index (χ3n) is 4.00. The molecule has 0 aliphatic carbocycles. The van der Waals surface area contributed by atoms with Crippen LogP contribution in [0, 0.1) is 34.3 Å². The number of nitriles is 1. The first kappa shape index (κ1) is 18.4. The van der Waals surface area contributed by atoms with Gasteiger partial charge in [-0.1, -0.05) is 19.1 Å². The fourth-order valence-corrected chi connectivity index (χ4v) is 2.75. The Morgan fingerprint density at radius 1 is 1.40 bits per heavy atom. The van der Waals surface area contributed by atoms with Gasteiger partial charge in [-0.3, -0.25) is 24.1 Å². The SMILES string of the molecule is CCN(C[C@@H](C)C#N)Cn1cc(C)n(-c2ccccc2[N+](=O)[O-])c1=O. The molecule has 1 aromatic heterocycles. The van der Waals surface area contributed by atoms with Crippen LogP contribution in [0.4, 0.5) is 5.69 Å². The van der Waals surface area contributed by atoms with E-state index in [4.69, 9.17) is 5.26 Å². The lowest BCUT2D eigenvalue weighted by molar-refractivity contribution is -0.384. The van der Waals surface area contributed by atoms with Crippen molar-refractivity contribution in [3.05, 3.63) is 56.8 Å². The molecule has 0 radical (unpaired) electrons. The van der Waals surface area contributed by atoms with Crippen molar-refractivity contribution in [2.45, 2.75) is 27.4 Å². The predicted molar refractivity (Wildman–Crippen MR) is 93.4 cm³/mol. The van der Waals surface area contributed by atoms with E-state index in [1.165, 1.54) is 15.2 Å². The number of aryl methyl sites for hydroxylation is 1. The smallest absolute Gasteiger partial charge is 0.285 e. The lowest BCUT2D eigenvalue weighted by Gasteiger charge is -2.21. The second-order valence-corrected chi connectivity index (χ2v) is 5.95. The van der Waals surface area contributed by atoms with Crippen molar-refractivity contribution in [3.8, 4) is 11.8 Å². The van der Waals surface area contributed by atoms with Gasteiger partial charge in [0.1, 0.15) is 5.69 Å². The number of nitro benzene ring substituents is 1. The summed E-state index contributed by atoms with van der Waals surface area (Å²) in [6.45, 7) is 7.10. The standard InChI is InChI=1S/C17H21N5O3/c1-4-19(10-13(2)9-18)12-20-11-14(3)21(17(20)23)15-7-5-6-8-16(15)22(24)25/h5-8,11,13H,4,10,12H2,1-3H3/t13-/m0/s1. The molecule has 8 heteroatoms. The van der Waals surface area contributed by atoms with Crippen LogP contribution in [-0.2, 0) is 6.67 Å². The highest BCUT2D eigenvalue weighted by atomic mass is 16.6. The maximum Gasteiger partial charge on any atom is 0.334 e. The van der Waals surface area contributed by atoms with E-state index in [-0.39, 0.29) is 23.0 Å². The summed E-state index contributed by atoms with van der Waals surface area (Å²) in [6.07, 6.45) is 1.68. The summed E-state index contributed by atoms with van der Waals surface area (Å²) >= 11 is 0. The summed E-state index contributed by atoms with van der Waals surface area (Å²) in [5.41, 5.74) is 0.414.